The second-order valence-corrected chi connectivity index (χ2v) is 13.6. The van der Waals surface area contributed by atoms with Crippen LogP contribution >= 0.6 is 0 Å². The molecule has 0 spiro atoms. The van der Waals surface area contributed by atoms with Gasteiger partial charge in [0, 0.05) is 6.42 Å². The molecule has 2 nitrogen and oxygen atoms in total. The van der Waals surface area contributed by atoms with E-state index in [9.17, 15) is 0 Å². The van der Waals surface area contributed by atoms with E-state index in [1.807, 2.05) is 0 Å². The summed E-state index contributed by atoms with van der Waals surface area (Å²) in [5.41, 5.74) is 2.93. The zero-order chi connectivity index (χ0) is 31.1. The molecule has 0 fully saturated rings. The molecular weight excluding hydrogens is 532 g/mol. The van der Waals surface area contributed by atoms with Gasteiger partial charge in [-0.05, 0) is 62.5 Å². The van der Waals surface area contributed by atoms with Crippen LogP contribution in [0.15, 0.2) is 73.1 Å². The van der Waals surface area contributed by atoms with Gasteiger partial charge in [-0.2, -0.15) is 0 Å². The Morgan fingerprint density at radius 3 is 1.70 bits per heavy atom. The smallest absolute Gasteiger partial charge is 0.234 e. The van der Waals surface area contributed by atoms with E-state index in [4.69, 9.17) is 0 Å². The maximum atomic E-state index is 2.65. The minimum Gasteiger partial charge on any atom is -0.234 e. The Hall–Kier alpha value is -2.35. The summed E-state index contributed by atoms with van der Waals surface area (Å²) in [5, 5.41) is 0. The monoisotopic (exact) mass is 600 g/mol. The maximum absolute atomic E-state index is 2.65. The predicted molar refractivity (Wildman–Crippen MR) is 191 cm³/mol. The predicted octanol–water partition coefficient (Wildman–Crippen LogP) is 12.4. The highest BCUT2D eigenvalue weighted by atomic mass is 15.2. The Morgan fingerprint density at radius 2 is 1.11 bits per heavy atom. The van der Waals surface area contributed by atoms with E-state index in [2.05, 4.69) is 103 Å². The van der Waals surface area contributed by atoms with Crippen LogP contribution in [-0.4, -0.2) is 4.57 Å². The highest BCUT2D eigenvalue weighted by Gasteiger charge is 2.23. The van der Waals surface area contributed by atoms with Gasteiger partial charge in [-0.15, -0.1) is 0 Å². The van der Waals surface area contributed by atoms with Crippen molar-refractivity contribution in [3.63, 3.8) is 0 Å². The average Bonchev–Trinajstić information content (AvgIpc) is 3.46. The molecule has 0 aliphatic heterocycles. The zero-order valence-electron chi connectivity index (χ0n) is 29.0. The summed E-state index contributed by atoms with van der Waals surface area (Å²) < 4.78 is 5.27. The lowest BCUT2D eigenvalue weighted by atomic mass is 9.88. The summed E-state index contributed by atoms with van der Waals surface area (Å²) in [4.78, 5) is 0. The van der Waals surface area contributed by atoms with Gasteiger partial charge in [0.15, 0.2) is 0 Å². The standard InChI is InChI=1S/C42H67N2/c1-4-6-8-10-12-13-14-16-18-26-34-43-35-36-44(38(3)27-21-17-15-11-9-7-5-2)42(43)33-32-41(40-30-24-20-25-31-40)37-39-28-22-19-23-29-39/h19-20,22-25,28-31,35-36,38,41H,4-18,21,26-27,32-34,37H2,1-3H3/q+1. The van der Waals surface area contributed by atoms with Crippen molar-refractivity contribution in [1.29, 1.82) is 0 Å². The van der Waals surface area contributed by atoms with E-state index in [1.54, 1.807) is 5.82 Å². The maximum Gasteiger partial charge on any atom is 0.256 e. The molecule has 0 aliphatic rings. The number of nitrogens with zero attached hydrogens (tertiary/aromatic N) is 2. The second kappa shape index (κ2) is 23.1. The van der Waals surface area contributed by atoms with Crippen molar-refractivity contribution in [2.45, 2.75) is 174 Å². The number of imidazole rings is 1. The summed E-state index contributed by atoms with van der Waals surface area (Å²) >= 11 is 0. The van der Waals surface area contributed by atoms with Crippen molar-refractivity contribution >= 4 is 0 Å². The molecular formula is C42H67N2+. The van der Waals surface area contributed by atoms with Crippen molar-refractivity contribution in [2.75, 3.05) is 0 Å². The molecule has 0 saturated heterocycles. The number of hydrogen-bond donors (Lipinski definition) is 0. The average molecular weight is 600 g/mol. The quantitative estimate of drug-likeness (QED) is 0.0641. The lowest BCUT2D eigenvalue weighted by Crippen LogP contribution is -2.38. The van der Waals surface area contributed by atoms with Crippen molar-refractivity contribution in [2.24, 2.45) is 0 Å². The topological polar surface area (TPSA) is 8.81 Å². The van der Waals surface area contributed by atoms with Gasteiger partial charge in [-0.3, -0.25) is 0 Å². The first-order valence-electron chi connectivity index (χ1n) is 18.9. The van der Waals surface area contributed by atoms with E-state index in [0.717, 1.165) is 19.4 Å². The molecule has 0 aliphatic carbocycles. The Labute approximate surface area is 272 Å². The number of hydrogen-bond acceptors (Lipinski definition) is 0. The van der Waals surface area contributed by atoms with Gasteiger partial charge in [0.25, 0.3) is 5.82 Å². The molecule has 2 heteroatoms. The summed E-state index contributed by atoms with van der Waals surface area (Å²) in [6.07, 6.45) is 33.2. The van der Waals surface area contributed by atoms with Crippen LogP contribution in [0.25, 0.3) is 0 Å². The minimum atomic E-state index is 0.533. The van der Waals surface area contributed by atoms with Crippen LogP contribution < -0.4 is 4.57 Å². The third-order valence-electron chi connectivity index (χ3n) is 9.80. The first-order chi connectivity index (χ1) is 21.7. The Kier molecular flexibility index (Phi) is 18.9. The molecule has 2 unspecified atom stereocenters. The molecule has 0 N–H and O–H groups in total. The van der Waals surface area contributed by atoms with E-state index in [-0.39, 0.29) is 0 Å². The van der Waals surface area contributed by atoms with E-state index < -0.39 is 0 Å². The van der Waals surface area contributed by atoms with Crippen LogP contribution in [0.5, 0.6) is 0 Å². The highest BCUT2D eigenvalue weighted by Crippen LogP contribution is 2.27. The fourth-order valence-electron chi connectivity index (χ4n) is 6.97. The van der Waals surface area contributed by atoms with Crippen LogP contribution in [0.3, 0.4) is 0 Å². The molecule has 0 radical (unpaired) electrons. The third-order valence-corrected chi connectivity index (χ3v) is 9.80. The Morgan fingerprint density at radius 1 is 0.591 bits per heavy atom. The van der Waals surface area contributed by atoms with Crippen LogP contribution in [0.4, 0.5) is 0 Å². The number of aromatic nitrogens is 2. The van der Waals surface area contributed by atoms with Gasteiger partial charge in [-0.1, -0.05) is 164 Å². The Balaban J connectivity index is 1.60. The number of aryl methyl sites for hydroxylation is 1. The van der Waals surface area contributed by atoms with Crippen LogP contribution in [0.2, 0.25) is 0 Å². The lowest BCUT2D eigenvalue weighted by Gasteiger charge is -2.18. The number of unbranched alkanes of at least 4 members (excludes halogenated alkanes) is 15. The summed E-state index contributed by atoms with van der Waals surface area (Å²) in [7, 11) is 0. The summed E-state index contributed by atoms with van der Waals surface area (Å²) in [5.74, 6) is 2.08. The molecule has 44 heavy (non-hydrogen) atoms. The SMILES string of the molecule is CCCCCCCCCCCC[n+]1ccn(C(C)CCCCCCCCC)c1CCC(Cc1ccccc1)c1ccccc1. The van der Waals surface area contributed by atoms with Gasteiger partial charge >= 0.3 is 0 Å². The third kappa shape index (κ3) is 14.2. The number of benzene rings is 2. The fraction of sp³-hybridized carbons (Fsp3) is 0.643. The zero-order valence-corrected chi connectivity index (χ0v) is 29.0. The largest absolute Gasteiger partial charge is 0.256 e. The normalized spacial score (nSPS) is 12.9. The van der Waals surface area contributed by atoms with Gasteiger partial charge < -0.3 is 0 Å². The first kappa shape index (κ1) is 36.1. The van der Waals surface area contributed by atoms with Crippen molar-refractivity contribution in [3.05, 3.63) is 90.0 Å². The highest BCUT2D eigenvalue weighted by molar-refractivity contribution is 5.24. The Bertz CT molecular complexity index is 1070. The number of rotatable bonds is 26. The van der Waals surface area contributed by atoms with Crippen molar-refractivity contribution in [1.82, 2.24) is 4.57 Å². The molecule has 3 rings (SSSR count). The molecule has 244 valence electrons. The molecule has 1 heterocycles. The van der Waals surface area contributed by atoms with Crippen LogP contribution in [-0.2, 0) is 19.4 Å². The molecule has 3 aromatic rings. The summed E-state index contributed by atoms with van der Waals surface area (Å²) in [6.45, 7) is 8.24. The molecule has 0 saturated carbocycles. The molecule has 0 bridgehead atoms. The minimum absolute atomic E-state index is 0.533. The fourth-order valence-corrected chi connectivity index (χ4v) is 6.97. The van der Waals surface area contributed by atoms with Crippen molar-refractivity contribution in [3.8, 4) is 0 Å². The second-order valence-electron chi connectivity index (χ2n) is 13.6. The van der Waals surface area contributed by atoms with E-state index in [1.165, 1.54) is 133 Å². The van der Waals surface area contributed by atoms with Gasteiger partial charge in [0.2, 0.25) is 0 Å². The molecule has 2 atom stereocenters. The molecule has 1 aromatic heterocycles. The first-order valence-corrected chi connectivity index (χ1v) is 18.9. The molecule has 0 amide bonds. The van der Waals surface area contributed by atoms with Gasteiger partial charge in [0.1, 0.15) is 12.4 Å². The van der Waals surface area contributed by atoms with E-state index >= 15 is 0 Å². The summed E-state index contributed by atoms with van der Waals surface area (Å²) in [6, 6.07) is 22.9. The van der Waals surface area contributed by atoms with Crippen molar-refractivity contribution < 1.29 is 4.57 Å². The van der Waals surface area contributed by atoms with Gasteiger partial charge in [-0.25, -0.2) is 9.13 Å². The molecule has 2 aromatic carbocycles. The van der Waals surface area contributed by atoms with Gasteiger partial charge in [0.05, 0.1) is 12.6 Å². The lowest BCUT2D eigenvalue weighted by molar-refractivity contribution is -0.704. The van der Waals surface area contributed by atoms with Crippen LogP contribution in [0.1, 0.15) is 172 Å². The van der Waals surface area contributed by atoms with E-state index in [0.29, 0.717) is 12.0 Å². The van der Waals surface area contributed by atoms with Crippen LogP contribution in [0, 0.1) is 0 Å².